The molecule has 1 aromatic rings. The van der Waals surface area contributed by atoms with Crippen molar-refractivity contribution in [3.8, 4) is 0 Å². The maximum atomic E-state index is 5.98. The van der Waals surface area contributed by atoms with Gasteiger partial charge in [-0.3, -0.25) is 0 Å². The quantitative estimate of drug-likeness (QED) is 0.767. The second kappa shape index (κ2) is 5.07. The third-order valence-electron chi connectivity index (χ3n) is 5.19. The molecule has 0 bridgehead atoms. The Morgan fingerprint density at radius 2 is 1.63 bits per heavy atom. The average Bonchev–Trinajstić information content (AvgIpc) is 2.39. The molecular weight excluding hydrogens is 232 g/mol. The Morgan fingerprint density at radius 3 is 2.26 bits per heavy atom. The predicted octanol–water partition coefficient (Wildman–Crippen LogP) is 4.13. The molecule has 2 N–H and O–H groups in total. The summed E-state index contributed by atoms with van der Waals surface area (Å²) in [5.41, 5.74) is 10.2. The third-order valence-corrected chi connectivity index (χ3v) is 5.19. The van der Waals surface area contributed by atoms with Gasteiger partial charge in [-0.2, -0.15) is 0 Å². The van der Waals surface area contributed by atoms with Crippen LogP contribution in [0.25, 0.3) is 0 Å². The molecule has 2 aliphatic rings. The highest BCUT2D eigenvalue weighted by Crippen LogP contribution is 2.45. The number of hydrogen-bond acceptors (Lipinski definition) is 2. The maximum absolute atomic E-state index is 5.98. The monoisotopic (exact) mass is 258 g/mol. The first-order valence-corrected chi connectivity index (χ1v) is 7.79. The molecule has 3 rings (SSSR count). The average molecular weight is 258 g/mol. The highest BCUT2D eigenvalue weighted by Gasteiger charge is 2.35. The lowest BCUT2D eigenvalue weighted by molar-refractivity contribution is 0.144. The van der Waals surface area contributed by atoms with Gasteiger partial charge in [-0.1, -0.05) is 19.3 Å². The summed E-state index contributed by atoms with van der Waals surface area (Å²) in [6.45, 7) is 4.55. The molecule has 0 aromatic heterocycles. The van der Waals surface area contributed by atoms with Gasteiger partial charge in [-0.15, -0.1) is 0 Å². The molecule has 1 aromatic carbocycles. The summed E-state index contributed by atoms with van der Waals surface area (Å²) in [5.74, 6) is 0. The van der Waals surface area contributed by atoms with Crippen LogP contribution in [-0.2, 0) is 0 Å². The minimum absolute atomic E-state index is 0.685. The fourth-order valence-electron chi connectivity index (χ4n) is 4.02. The van der Waals surface area contributed by atoms with E-state index in [-0.39, 0.29) is 0 Å². The first-order valence-electron chi connectivity index (χ1n) is 7.79. The maximum Gasteiger partial charge on any atom is 0.0389 e. The molecule has 1 spiro atoms. The van der Waals surface area contributed by atoms with Gasteiger partial charge in [0, 0.05) is 24.5 Å². The third kappa shape index (κ3) is 2.72. The van der Waals surface area contributed by atoms with Gasteiger partial charge in [0.1, 0.15) is 0 Å². The second-order valence-electron chi connectivity index (χ2n) is 6.65. The number of nitrogens with two attached hydrogens (primary N) is 1. The number of hydrogen-bond donors (Lipinski definition) is 1. The van der Waals surface area contributed by atoms with E-state index in [1.165, 1.54) is 69.3 Å². The fraction of sp³-hybridized carbons (Fsp3) is 0.647. The molecule has 1 aliphatic carbocycles. The van der Waals surface area contributed by atoms with E-state index in [1.54, 1.807) is 0 Å². The van der Waals surface area contributed by atoms with Crippen molar-refractivity contribution in [1.82, 2.24) is 0 Å². The summed E-state index contributed by atoms with van der Waals surface area (Å²) in [7, 11) is 0. The largest absolute Gasteiger partial charge is 0.399 e. The first-order chi connectivity index (χ1) is 9.17. The van der Waals surface area contributed by atoms with Crippen LogP contribution in [0.3, 0.4) is 0 Å². The SMILES string of the molecule is Cc1cc(N)cc(N2CCC3(CCCCC3)CC2)c1. The van der Waals surface area contributed by atoms with Gasteiger partial charge in [0.15, 0.2) is 0 Å². The Kier molecular flexibility index (Phi) is 3.42. The number of piperidine rings is 1. The molecule has 0 amide bonds. The van der Waals surface area contributed by atoms with Crippen LogP contribution in [0.1, 0.15) is 50.5 Å². The van der Waals surface area contributed by atoms with E-state index in [0.29, 0.717) is 5.41 Å². The summed E-state index contributed by atoms with van der Waals surface area (Å²) in [4.78, 5) is 2.53. The van der Waals surface area contributed by atoms with Crippen LogP contribution >= 0.6 is 0 Å². The molecule has 2 nitrogen and oxygen atoms in total. The van der Waals surface area contributed by atoms with Crippen LogP contribution < -0.4 is 10.6 Å². The van der Waals surface area contributed by atoms with E-state index in [2.05, 4.69) is 30.0 Å². The number of rotatable bonds is 1. The number of nitrogen functional groups attached to an aromatic ring is 1. The molecule has 1 saturated heterocycles. The van der Waals surface area contributed by atoms with Crippen molar-refractivity contribution in [1.29, 1.82) is 0 Å². The van der Waals surface area contributed by atoms with Crippen LogP contribution in [-0.4, -0.2) is 13.1 Å². The highest BCUT2D eigenvalue weighted by atomic mass is 15.1. The minimum atomic E-state index is 0.685. The minimum Gasteiger partial charge on any atom is -0.399 e. The van der Waals surface area contributed by atoms with E-state index >= 15 is 0 Å². The fourth-order valence-corrected chi connectivity index (χ4v) is 4.02. The van der Waals surface area contributed by atoms with Gasteiger partial charge in [-0.05, 0) is 61.8 Å². The molecule has 0 atom stereocenters. The molecule has 104 valence electrons. The molecule has 1 saturated carbocycles. The highest BCUT2D eigenvalue weighted by molar-refractivity contribution is 5.58. The van der Waals surface area contributed by atoms with Crippen molar-refractivity contribution in [3.05, 3.63) is 23.8 Å². The molecule has 2 heteroatoms. The Labute approximate surface area is 117 Å². The van der Waals surface area contributed by atoms with Crippen molar-refractivity contribution >= 4 is 11.4 Å². The number of aryl methyl sites for hydroxylation is 1. The molecule has 1 aliphatic heterocycles. The molecule has 2 fully saturated rings. The van der Waals surface area contributed by atoms with Gasteiger partial charge in [0.2, 0.25) is 0 Å². The number of nitrogens with zero attached hydrogens (tertiary/aromatic N) is 1. The lowest BCUT2D eigenvalue weighted by Gasteiger charge is -2.45. The lowest BCUT2D eigenvalue weighted by atomic mass is 9.68. The van der Waals surface area contributed by atoms with Crippen LogP contribution in [0.2, 0.25) is 0 Å². The Balaban J connectivity index is 1.69. The Hall–Kier alpha value is -1.18. The Bertz CT molecular complexity index is 416. The molecule has 0 radical (unpaired) electrons. The summed E-state index contributed by atoms with van der Waals surface area (Å²) in [5, 5.41) is 0. The zero-order chi connectivity index (χ0) is 13.3. The van der Waals surface area contributed by atoms with Gasteiger partial charge in [-0.25, -0.2) is 0 Å². The van der Waals surface area contributed by atoms with E-state index in [9.17, 15) is 0 Å². The topological polar surface area (TPSA) is 29.3 Å². The second-order valence-corrected chi connectivity index (χ2v) is 6.65. The van der Waals surface area contributed by atoms with Gasteiger partial charge in [0.05, 0.1) is 0 Å². The van der Waals surface area contributed by atoms with Crippen molar-refractivity contribution in [2.75, 3.05) is 23.7 Å². The van der Waals surface area contributed by atoms with Crippen LogP contribution in [0.15, 0.2) is 18.2 Å². The van der Waals surface area contributed by atoms with E-state index in [1.807, 2.05) is 0 Å². The van der Waals surface area contributed by atoms with E-state index in [4.69, 9.17) is 5.73 Å². The molecule has 1 heterocycles. The lowest BCUT2D eigenvalue weighted by Crippen LogP contribution is -2.41. The standard InChI is InChI=1S/C17H26N2/c1-14-11-15(18)13-16(12-14)19-9-7-17(8-10-19)5-3-2-4-6-17/h11-13H,2-10,18H2,1H3. The van der Waals surface area contributed by atoms with E-state index in [0.717, 1.165) is 5.69 Å². The van der Waals surface area contributed by atoms with Crippen LogP contribution in [0.4, 0.5) is 11.4 Å². The van der Waals surface area contributed by atoms with Gasteiger partial charge < -0.3 is 10.6 Å². The predicted molar refractivity (Wildman–Crippen MR) is 82.6 cm³/mol. The van der Waals surface area contributed by atoms with E-state index < -0.39 is 0 Å². The number of benzene rings is 1. The smallest absolute Gasteiger partial charge is 0.0389 e. The summed E-state index contributed by atoms with van der Waals surface area (Å²) >= 11 is 0. The molecule has 0 unspecified atom stereocenters. The van der Waals surface area contributed by atoms with Gasteiger partial charge in [0.25, 0.3) is 0 Å². The summed E-state index contributed by atoms with van der Waals surface area (Å²) < 4.78 is 0. The van der Waals surface area contributed by atoms with Crippen molar-refractivity contribution in [2.24, 2.45) is 5.41 Å². The Morgan fingerprint density at radius 1 is 0.947 bits per heavy atom. The zero-order valence-electron chi connectivity index (χ0n) is 12.1. The summed E-state index contributed by atoms with van der Waals surface area (Å²) in [6.07, 6.45) is 10.1. The number of anilines is 2. The molecule has 19 heavy (non-hydrogen) atoms. The van der Waals surface area contributed by atoms with Crippen molar-refractivity contribution in [3.63, 3.8) is 0 Å². The van der Waals surface area contributed by atoms with Crippen molar-refractivity contribution < 1.29 is 0 Å². The van der Waals surface area contributed by atoms with Crippen LogP contribution in [0, 0.1) is 12.3 Å². The van der Waals surface area contributed by atoms with Crippen molar-refractivity contribution in [2.45, 2.75) is 51.9 Å². The van der Waals surface area contributed by atoms with Crippen LogP contribution in [0.5, 0.6) is 0 Å². The normalized spacial score (nSPS) is 22.7. The first kappa shape index (κ1) is 12.8. The zero-order valence-corrected chi connectivity index (χ0v) is 12.1. The molecular formula is C17H26N2. The summed E-state index contributed by atoms with van der Waals surface area (Å²) in [6, 6.07) is 6.46. The van der Waals surface area contributed by atoms with Gasteiger partial charge >= 0.3 is 0 Å².